The maximum atomic E-state index is 13.3. The summed E-state index contributed by atoms with van der Waals surface area (Å²) in [5.41, 5.74) is 9.29. The first kappa shape index (κ1) is 28.4. The first-order valence-corrected chi connectivity index (χ1v) is 13.0. The minimum atomic E-state index is -0.598. The number of ether oxygens (including phenoxy) is 4. The number of methoxy groups -OCH3 is 2. The predicted octanol–water partition coefficient (Wildman–Crippen LogP) is 6.34. The number of esters is 1. The molecule has 3 rings (SSSR count). The normalized spacial score (nSPS) is 23.8. The number of nitrogens with zero attached hydrogens (tertiary/aromatic N) is 4. The Balaban J connectivity index is 1.67. The molecule has 0 bridgehead atoms. The van der Waals surface area contributed by atoms with Crippen LogP contribution in [0.5, 0.6) is 11.5 Å². The molecule has 1 aromatic rings. The summed E-state index contributed by atoms with van der Waals surface area (Å²) in [6.07, 6.45) is 5.24. The third-order valence-corrected chi connectivity index (χ3v) is 7.12. The van der Waals surface area contributed by atoms with Crippen LogP contribution in [0.15, 0.2) is 17.2 Å². The summed E-state index contributed by atoms with van der Waals surface area (Å²) in [4.78, 5) is 31.2. The Morgan fingerprint density at radius 2 is 1.57 bits per heavy atom. The lowest BCUT2D eigenvalue weighted by Crippen LogP contribution is -2.52. The van der Waals surface area contributed by atoms with E-state index in [4.69, 9.17) is 24.5 Å². The number of carbonyl (C=O) groups is 2. The molecule has 204 valence electrons. The van der Waals surface area contributed by atoms with Gasteiger partial charge >= 0.3 is 12.1 Å². The molecule has 0 atom stereocenters. The third-order valence-electron chi connectivity index (χ3n) is 7.12. The molecule has 0 saturated heterocycles. The standard InChI is InChI=1S/C27H40N4O6/c1-17-15-22(34-5)16-23(35-6)24(17)25(32)36-21-13-11-20(12-14-21)31(26(33)37-27(2,3)4)19-9-7-18(8-10-19)29-30-28/h15-16,18-21H,7-14H2,1-6H3. The molecule has 1 amide bonds. The van der Waals surface area contributed by atoms with E-state index in [1.165, 1.54) is 7.11 Å². The number of azide groups is 1. The molecule has 2 saturated carbocycles. The Morgan fingerprint density at radius 1 is 0.973 bits per heavy atom. The fourth-order valence-electron chi connectivity index (χ4n) is 5.35. The molecule has 0 heterocycles. The lowest BCUT2D eigenvalue weighted by molar-refractivity contribution is -0.0194. The Bertz CT molecular complexity index is 1000. The van der Waals surface area contributed by atoms with E-state index < -0.39 is 11.6 Å². The van der Waals surface area contributed by atoms with Crippen molar-refractivity contribution >= 4 is 12.1 Å². The fraction of sp³-hybridized carbons (Fsp3) is 0.704. The Morgan fingerprint density at radius 3 is 2.08 bits per heavy atom. The van der Waals surface area contributed by atoms with E-state index in [9.17, 15) is 9.59 Å². The molecule has 2 aliphatic rings. The summed E-state index contributed by atoms with van der Waals surface area (Å²) < 4.78 is 22.4. The second kappa shape index (κ2) is 12.4. The van der Waals surface area contributed by atoms with Crippen molar-refractivity contribution in [2.45, 2.75) is 109 Å². The summed E-state index contributed by atoms with van der Waals surface area (Å²) >= 11 is 0. The van der Waals surface area contributed by atoms with E-state index in [0.717, 1.165) is 31.2 Å². The lowest BCUT2D eigenvalue weighted by atomic mass is 9.86. The van der Waals surface area contributed by atoms with Gasteiger partial charge in [0.2, 0.25) is 0 Å². The smallest absolute Gasteiger partial charge is 0.410 e. The molecular formula is C27H40N4O6. The largest absolute Gasteiger partial charge is 0.497 e. The minimum absolute atomic E-state index is 0.00285. The number of rotatable bonds is 7. The highest BCUT2D eigenvalue weighted by Crippen LogP contribution is 2.35. The van der Waals surface area contributed by atoms with Crippen LogP contribution < -0.4 is 9.47 Å². The number of aryl methyl sites for hydroxylation is 1. The van der Waals surface area contributed by atoms with E-state index in [-0.39, 0.29) is 30.3 Å². The van der Waals surface area contributed by atoms with Gasteiger partial charge in [-0.05, 0) is 96.2 Å². The molecular weight excluding hydrogens is 476 g/mol. The van der Waals surface area contributed by atoms with E-state index in [0.29, 0.717) is 42.7 Å². The van der Waals surface area contributed by atoms with Crippen LogP contribution in [0, 0.1) is 6.92 Å². The topological polar surface area (TPSA) is 123 Å². The van der Waals surface area contributed by atoms with Crippen LogP contribution in [0.2, 0.25) is 0 Å². The van der Waals surface area contributed by atoms with Crippen LogP contribution in [0.1, 0.15) is 88.1 Å². The van der Waals surface area contributed by atoms with Crippen molar-refractivity contribution in [2.24, 2.45) is 5.11 Å². The molecule has 10 nitrogen and oxygen atoms in total. The van der Waals surface area contributed by atoms with Gasteiger partial charge in [-0.3, -0.25) is 0 Å². The molecule has 2 fully saturated rings. The van der Waals surface area contributed by atoms with Crippen LogP contribution >= 0.6 is 0 Å². The van der Waals surface area contributed by atoms with Gasteiger partial charge in [-0.2, -0.15) is 0 Å². The van der Waals surface area contributed by atoms with Crippen LogP contribution in [-0.4, -0.2) is 61.0 Å². The van der Waals surface area contributed by atoms with Gasteiger partial charge < -0.3 is 23.8 Å². The molecule has 0 unspecified atom stereocenters. The predicted molar refractivity (Wildman–Crippen MR) is 139 cm³/mol. The summed E-state index contributed by atoms with van der Waals surface area (Å²) in [6, 6.07) is 3.48. The van der Waals surface area contributed by atoms with Gasteiger partial charge in [0.15, 0.2) is 0 Å². The molecule has 0 radical (unpaired) electrons. The zero-order chi connectivity index (χ0) is 27.2. The molecule has 0 aliphatic heterocycles. The fourth-order valence-corrected chi connectivity index (χ4v) is 5.35. The van der Waals surface area contributed by atoms with Gasteiger partial charge in [-0.25, -0.2) is 9.59 Å². The van der Waals surface area contributed by atoms with Gasteiger partial charge in [-0.15, -0.1) is 0 Å². The molecule has 37 heavy (non-hydrogen) atoms. The van der Waals surface area contributed by atoms with Crippen LogP contribution in [0.4, 0.5) is 4.79 Å². The molecule has 2 aliphatic carbocycles. The first-order valence-electron chi connectivity index (χ1n) is 13.0. The monoisotopic (exact) mass is 516 g/mol. The highest BCUT2D eigenvalue weighted by molar-refractivity contribution is 5.94. The highest BCUT2D eigenvalue weighted by atomic mass is 16.6. The van der Waals surface area contributed by atoms with Crippen LogP contribution in [0.3, 0.4) is 0 Å². The molecule has 0 N–H and O–H groups in total. The minimum Gasteiger partial charge on any atom is -0.497 e. The highest BCUT2D eigenvalue weighted by Gasteiger charge is 2.38. The maximum absolute atomic E-state index is 13.3. The molecule has 0 spiro atoms. The van der Waals surface area contributed by atoms with E-state index in [2.05, 4.69) is 10.0 Å². The van der Waals surface area contributed by atoms with Crippen LogP contribution in [-0.2, 0) is 9.47 Å². The van der Waals surface area contributed by atoms with Gasteiger partial charge in [0.1, 0.15) is 28.8 Å². The summed E-state index contributed by atoms with van der Waals surface area (Å²) in [5.74, 6) is 0.617. The van der Waals surface area contributed by atoms with Crippen molar-refractivity contribution < 1.29 is 28.5 Å². The van der Waals surface area contributed by atoms with Crippen molar-refractivity contribution in [2.75, 3.05) is 14.2 Å². The Labute approximate surface area is 219 Å². The maximum Gasteiger partial charge on any atom is 0.410 e. The quantitative estimate of drug-likeness (QED) is 0.180. The first-order chi connectivity index (χ1) is 17.6. The second-order valence-corrected chi connectivity index (χ2v) is 10.9. The Kier molecular flexibility index (Phi) is 9.54. The average Bonchev–Trinajstić information content (AvgIpc) is 2.84. The summed E-state index contributed by atoms with van der Waals surface area (Å²) in [5, 5.41) is 3.87. The van der Waals surface area contributed by atoms with Gasteiger partial charge in [0.25, 0.3) is 0 Å². The van der Waals surface area contributed by atoms with E-state index in [1.54, 1.807) is 19.2 Å². The number of benzene rings is 1. The van der Waals surface area contributed by atoms with Crippen molar-refractivity contribution in [1.82, 2.24) is 4.90 Å². The van der Waals surface area contributed by atoms with Gasteiger partial charge in [0, 0.05) is 29.1 Å². The third kappa shape index (κ3) is 7.44. The zero-order valence-corrected chi connectivity index (χ0v) is 22.9. The number of hydrogen-bond acceptors (Lipinski definition) is 7. The number of amides is 1. The lowest BCUT2D eigenvalue weighted by Gasteiger charge is -2.43. The SMILES string of the molecule is COc1cc(C)c(C(=O)OC2CCC(N(C(=O)OC(C)(C)C)C3CCC(N=[N+]=[N-])CC3)CC2)c(OC)c1. The summed E-state index contributed by atoms with van der Waals surface area (Å²) in [7, 11) is 3.08. The summed E-state index contributed by atoms with van der Waals surface area (Å²) in [6.45, 7) is 7.43. The van der Waals surface area contributed by atoms with Crippen molar-refractivity contribution in [1.29, 1.82) is 0 Å². The molecule has 10 heteroatoms. The average molecular weight is 517 g/mol. The van der Waals surface area contributed by atoms with Crippen LogP contribution in [0.25, 0.3) is 10.4 Å². The number of hydrogen-bond donors (Lipinski definition) is 0. The van der Waals surface area contributed by atoms with Crippen molar-refractivity contribution in [3.8, 4) is 11.5 Å². The van der Waals surface area contributed by atoms with E-state index in [1.807, 2.05) is 32.6 Å². The molecule has 1 aromatic carbocycles. The number of carbonyl (C=O) groups excluding carboxylic acids is 2. The van der Waals surface area contributed by atoms with Crippen molar-refractivity contribution in [3.63, 3.8) is 0 Å². The van der Waals surface area contributed by atoms with Crippen molar-refractivity contribution in [3.05, 3.63) is 33.7 Å². The van der Waals surface area contributed by atoms with Gasteiger partial charge in [0.05, 0.1) is 14.2 Å². The zero-order valence-electron chi connectivity index (χ0n) is 22.9. The van der Waals surface area contributed by atoms with E-state index >= 15 is 0 Å². The second-order valence-electron chi connectivity index (χ2n) is 10.9. The Hall–Kier alpha value is -3.13. The van der Waals surface area contributed by atoms with Gasteiger partial charge in [-0.1, -0.05) is 5.11 Å². The molecule has 0 aromatic heterocycles.